The fourth-order valence-electron chi connectivity index (χ4n) is 3.70. The molecule has 1 saturated heterocycles. The van der Waals surface area contributed by atoms with Gasteiger partial charge in [0, 0.05) is 31.3 Å². The molecule has 8 nitrogen and oxygen atoms in total. The zero-order chi connectivity index (χ0) is 20.6. The van der Waals surface area contributed by atoms with Crippen LogP contribution in [0.3, 0.4) is 0 Å². The maximum Gasteiger partial charge on any atom is 0.198 e. The molecule has 0 N–H and O–H groups in total. The summed E-state index contributed by atoms with van der Waals surface area (Å²) in [4.78, 5) is 2.10. The van der Waals surface area contributed by atoms with Gasteiger partial charge in [-0.2, -0.15) is 10.2 Å². The second kappa shape index (κ2) is 7.85. The largest absolute Gasteiger partial charge is 0.307 e. The highest BCUT2D eigenvalue weighted by Gasteiger charge is 2.32. The van der Waals surface area contributed by atoms with Crippen molar-refractivity contribution in [3.63, 3.8) is 0 Å². The zero-order valence-electron chi connectivity index (χ0n) is 16.5. The molecular formula is C19H24N6O2S2. The molecule has 0 saturated carbocycles. The molecule has 4 rings (SSSR count). The van der Waals surface area contributed by atoms with E-state index in [4.69, 9.17) is 12.2 Å². The smallest absolute Gasteiger partial charge is 0.198 e. The molecule has 0 amide bonds. The minimum Gasteiger partial charge on any atom is -0.307 e. The van der Waals surface area contributed by atoms with Crippen LogP contribution in [0, 0.1) is 4.77 Å². The van der Waals surface area contributed by atoms with Crippen molar-refractivity contribution in [1.29, 1.82) is 0 Å². The molecule has 0 spiro atoms. The molecule has 3 aromatic rings. The van der Waals surface area contributed by atoms with Gasteiger partial charge in [-0.05, 0) is 37.8 Å². The lowest BCUT2D eigenvalue weighted by Crippen LogP contribution is -2.22. The van der Waals surface area contributed by atoms with Crippen molar-refractivity contribution in [2.45, 2.75) is 25.6 Å². The van der Waals surface area contributed by atoms with Gasteiger partial charge in [0.1, 0.15) is 5.82 Å². The molecule has 1 aliphatic heterocycles. The third-order valence-electron chi connectivity index (χ3n) is 5.16. The summed E-state index contributed by atoms with van der Waals surface area (Å²) in [6.07, 6.45) is 4.48. The summed E-state index contributed by atoms with van der Waals surface area (Å²) in [5.74, 6) is 1.05. The average molecular weight is 433 g/mol. The Hall–Kier alpha value is -2.30. The average Bonchev–Trinajstić information content (AvgIpc) is 3.37. The fourth-order valence-corrected chi connectivity index (χ4v) is 5.64. The van der Waals surface area contributed by atoms with E-state index < -0.39 is 9.84 Å². The van der Waals surface area contributed by atoms with Crippen LogP contribution in [0.25, 0.3) is 5.69 Å². The summed E-state index contributed by atoms with van der Waals surface area (Å²) in [6, 6.07) is 9.97. The quantitative estimate of drug-likeness (QED) is 0.556. The lowest BCUT2D eigenvalue weighted by molar-refractivity contribution is 0.243. The standard InChI is InChI=1S/C19H24N6O2S2/c1-22(11-15-10-20-24(12-15)17-6-4-3-5-7-17)14-25-19(28)23(2)18(21-25)16-8-9-29(26,27)13-16/h3-7,10,12,16H,8-9,11,13-14H2,1-2H3. The Balaban J connectivity index is 1.45. The predicted molar refractivity (Wildman–Crippen MR) is 113 cm³/mol. The minimum absolute atomic E-state index is 0.0811. The number of rotatable bonds is 6. The summed E-state index contributed by atoms with van der Waals surface area (Å²) in [5, 5.41) is 9.07. The number of nitrogens with zero attached hydrogens (tertiary/aromatic N) is 6. The van der Waals surface area contributed by atoms with Crippen molar-refractivity contribution in [1.82, 2.24) is 29.0 Å². The number of para-hydroxylation sites is 1. The molecule has 1 fully saturated rings. The van der Waals surface area contributed by atoms with Crippen LogP contribution < -0.4 is 0 Å². The van der Waals surface area contributed by atoms with Gasteiger partial charge >= 0.3 is 0 Å². The van der Waals surface area contributed by atoms with Crippen LogP contribution in [0.15, 0.2) is 42.7 Å². The van der Waals surface area contributed by atoms with E-state index in [2.05, 4.69) is 15.1 Å². The van der Waals surface area contributed by atoms with E-state index in [1.54, 1.807) is 4.68 Å². The lowest BCUT2D eigenvalue weighted by Gasteiger charge is -2.15. The molecule has 2 aromatic heterocycles. The van der Waals surface area contributed by atoms with Crippen molar-refractivity contribution < 1.29 is 8.42 Å². The fraction of sp³-hybridized carbons (Fsp3) is 0.421. The molecule has 0 aliphatic carbocycles. The number of benzene rings is 1. The van der Waals surface area contributed by atoms with Gasteiger partial charge in [-0.3, -0.25) is 4.90 Å². The molecule has 1 aliphatic rings. The molecule has 1 atom stereocenters. The minimum atomic E-state index is -2.96. The van der Waals surface area contributed by atoms with Crippen molar-refractivity contribution in [2.75, 3.05) is 18.6 Å². The SMILES string of the molecule is CN(Cc1cnn(-c2ccccc2)c1)Cn1nc(C2CCS(=O)(=O)C2)n(C)c1=S. The van der Waals surface area contributed by atoms with Gasteiger partial charge in [0.2, 0.25) is 0 Å². The van der Waals surface area contributed by atoms with E-state index in [-0.39, 0.29) is 17.4 Å². The lowest BCUT2D eigenvalue weighted by atomic mass is 10.1. The van der Waals surface area contributed by atoms with Gasteiger partial charge in [0.05, 0.1) is 30.1 Å². The first-order valence-corrected chi connectivity index (χ1v) is 11.7. The Kier molecular flexibility index (Phi) is 5.41. The van der Waals surface area contributed by atoms with E-state index in [1.807, 2.05) is 66.1 Å². The van der Waals surface area contributed by atoms with Gasteiger partial charge in [-0.25, -0.2) is 17.8 Å². The van der Waals surface area contributed by atoms with Crippen LogP contribution in [0.5, 0.6) is 0 Å². The normalized spacial score (nSPS) is 18.5. The molecule has 0 bridgehead atoms. The first-order chi connectivity index (χ1) is 13.8. The van der Waals surface area contributed by atoms with Crippen molar-refractivity contribution in [3.8, 4) is 5.69 Å². The second-order valence-electron chi connectivity index (χ2n) is 7.58. The van der Waals surface area contributed by atoms with Crippen molar-refractivity contribution >= 4 is 22.1 Å². The Bertz CT molecular complexity index is 1160. The Morgan fingerprint density at radius 3 is 2.72 bits per heavy atom. The van der Waals surface area contributed by atoms with Crippen molar-refractivity contribution in [3.05, 3.63) is 58.9 Å². The maximum absolute atomic E-state index is 11.8. The second-order valence-corrected chi connectivity index (χ2v) is 10.2. The van der Waals surface area contributed by atoms with Gasteiger partial charge in [0.15, 0.2) is 14.6 Å². The highest BCUT2D eigenvalue weighted by atomic mass is 32.2. The molecule has 1 unspecified atom stereocenters. The van der Waals surface area contributed by atoms with Gasteiger partial charge in [-0.1, -0.05) is 18.2 Å². The Labute approximate surface area is 175 Å². The Morgan fingerprint density at radius 2 is 2.03 bits per heavy atom. The van der Waals surface area contributed by atoms with Crippen LogP contribution in [-0.2, 0) is 30.1 Å². The van der Waals surface area contributed by atoms with Gasteiger partial charge in [0.25, 0.3) is 0 Å². The van der Waals surface area contributed by atoms with Gasteiger partial charge in [-0.15, -0.1) is 0 Å². The van der Waals surface area contributed by atoms with Crippen LogP contribution in [-0.4, -0.2) is 56.0 Å². The zero-order valence-corrected chi connectivity index (χ0v) is 18.1. The van der Waals surface area contributed by atoms with E-state index in [1.165, 1.54) is 0 Å². The Morgan fingerprint density at radius 1 is 1.28 bits per heavy atom. The molecule has 10 heteroatoms. The van der Waals surface area contributed by atoms with Crippen LogP contribution >= 0.6 is 12.2 Å². The summed E-state index contributed by atoms with van der Waals surface area (Å²) in [7, 11) is 0.889. The summed E-state index contributed by atoms with van der Waals surface area (Å²) < 4.78 is 29.7. The molecule has 0 radical (unpaired) electrons. The summed E-state index contributed by atoms with van der Waals surface area (Å²) in [5.41, 5.74) is 2.10. The molecule has 1 aromatic carbocycles. The van der Waals surface area contributed by atoms with E-state index in [9.17, 15) is 8.42 Å². The highest BCUT2D eigenvalue weighted by molar-refractivity contribution is 7.91. The third-order valence-corrected chi connectivity index (χ3v) is 7.41. The first kappa shape index (κ1) is 20.0. The van der Waals surface area contributed by atoms with E-state index in [0.717, 1.165) is 17.1 Å². The van der Waals surface area contributed by atoms with Crippen molar-refractivity contribution in [2.24, 2.45) is 7.05 Å². The summed E-state index contributed by atoms with van der Waals surface area (Å²) >= 11 is 5.53. The number of hydrogen-bond acceptors (Lipinski definition) is 6. The third kappa shape index (κ3) is 4.34. The highest BCUT2D eigenvalue weighted by Crippen LogP contribution is 2.27. The monoisotopic (exact) mass is 432 g/mol. The van der Waals surface area contributed by atoms with Crippen LogP contribution in [0.1, 0.15) is 23.7 Å². The van der Waals surface area contributed by atoms with E-state index >= 15 is 0 Å². The molecule has 3 heterocycles. The molecule has 154 valence electrons. The topological polar surface area (TPSA) is 78.0 Å². The summed E-state index contributed by atoms with van der Waals surface area (Å²) in [6.45, 7) is 1.21. The molecular weight excluding hydrogens is 408 g/mol. The van der Waals surface area contributed by atoms with Crippen LogP contribution in [0.4, 0.5) is 0 Å². The number of aromatic nitrogens is 5. The number of sulfone groups is 1. The first-order valence-electron chi connectivity index (χ1n) is 9.44. The van der Waals surface area contributed by atoms with Gasteiger partial charge < -0.3 is 4.57 Å². The maximum atomic E-state index is 11.8. The number of hydrogen-bond donors (Lipinski definition) is 0. The van der Waals surface area contributed by atoms with E-state index in [0.29, 0.717) is 24.4 Å². The van der Waals surface area contributed by atoms with Crippen LogP contribution in [0.2, 0.25) is 0 Å². The molecule has 29 heavy (non-hydrogen) atoms. The predicted octanol–water partition coefficient (Wildman–Crippen LogP) is 2.13.